The largest absolute Gasteiger partial charge is 0.241 e. The van der Waals surface area contributed by atoms with Gasteiger partial charge < -0.3 is 0 Å². The van der Waals surface area contributed by atoms with E-state index in [0.717, 1.165) is 35.5 Å². The van der Waals surface area contributed by atoms with E-state index in [9.17, 15) is 0 Å². The van der Waals surface area contributed by atoms with Gasteiger partial charge in [0.2, 0.25) is 0 Å². The first kappa shape index (κ1) is 8.96. The van der Waals surface area contributed by atoms with Crippen LogP contribution in [0.15, 0.2) is 23.7 Å². The number of rotatable bonds is 1. The Labute approximate surface area is 83.7 Å². The van der Waals surface area contributed by atoms with Gasteiger partial charge in [-0.1, -0.05) is 11.5 Å². The zero-order valence-electron chi connectivity index (χ0n) is 8.46. The van der Waals surface area contributed by atoms with Crippen LogP contribution in [0.4, 0.5) is 0 Å². The summed E-state index contributed by atoms with van der Waals surface area (Å²) in [5.74, 6) is 0.814. The molecule has 0 amide bonds. The van der Waals surface area contributed by atoms with Gasteiger partial charge in [-0.15, -0.1) is 0 Å². The minimum Gasteiger partial charge on any atom is -0.241 e. The molecule has 0 spiro atoms. The third-order valence-corrected chi connectivity index (χ3v) is 2.24. The second-order valence-corrected chi connectivity index (χ2v) is 3.44. The molecule has 2 rings (SSSR count). The smallest absolute Gasteiger partial charge is 0.125 e. The van der Waals surface area contributed by atoms with Crippen molar-refractivity contribution in [3.8, 4) is 0 Å². The summed E-state index contributed by atoms with van der Waals surface area (Å²) in [5.41, 5.74) is 9.42. The fourth-order valence-corrected chi connectivity index (χ4v) is 1.50. The first-order valence-electron chi connectivity index (χ1n) is 4.77. The van der Waals surface area contributed by atoms with Crippen molar-refractivity contribution in [3.05, 3.63) is 40.8 Å². The molecule has 0 aromatic carbocycles. The number of aromatic nitrogens is 2. The van der Waals surface area contributed by atoms with E-state index in [1.54, 1.807) is 0 Å². The molecule has 0 bridgehead atoms. The Balaban J connectivity index is 2.56. The summed E-state index contributed by atoms with van der Waals surface area (Å²) in [6.07, 6.45) is 5.91. The molecule has 1 aromatic heterocycles. The summed E-state index contributed by atoms with van der Waals surface area (Å²) < 4.78 is 0. The molecule has 2 heteroatoms. The molecule has 0 unspecified atom stereocenters. The summed E-state index contributed by atoms with van der Waals surface area (Å²) in [6, 6.07) is 0. The summed E-state index contributed by atoms with van der Waals surface area (Å²) in [4.78, 5) is 8.59. The Morgan fingerprint density at radius 2 is 2.21 bits per heavy atom. The zero-order chi connectivity index (χ0) is 9.97. The molecule has 2 nitrogen and oxygen atoms in total. The highest BCUT2D eigenvalue weighted by atomic mass is 14.9. The summed E-state index contributed by atoms with van der Waals surface area (Å²) in [6.45, 7) is 3.94. The van der Waals surface area contributed by atoms with E-state index < -0.39 is 0 Å². The Morgan fingerprint density at radius 3 is 2.93 bits per heavy atom. The standard InChI is InChI=1S/C12H12N2/c1-9-8-13-10(2)14-12(9)11-6-4-3-5-7-11/h3,8H,4,6H2,1-2H3. The second kappa shape index (κ2) is 3.63. The quantitative estimate of drug-likeness (QED) is 0.627. The van der Waals surface area contributed by atoms with Gasteiger partial charge in [0.25, 0.3) is 0 Å². The molecule has 1 heterocycles. The Morgan fingerprint density at radius 1 is 1.36 bits per heavy atom. The van der Waals surface area contributed by atoms with Crippen molar-refractivity contribution in [2.24, 2.45) is 0 Å². The minimum atomic E-state index is 0.814. The fourth-order valence-electron chi connectivity index (χ4n) is 1.50. The Kier molecular flexibility index (Phi) is 2.32. The van der Waals surface area contributed by atoms with Gasteiger partial charge in [0, 0.05) is 11.8 Å². The number of hydrogen-bond donors (Lipinski definition) is 0. The van der Waals surface area contributed by atoms with Gasteiger partial charge in [-0.2, -0.15) is 0 Å². The highest BCUT2D eigenvalue weighted by Crippen LogP contribution is 2.21. The van der Waals surface area contributed by atoms with Crippen LogP contribution < -0.4 is 0 Å². The molecule has 0 radical (unpaired) electrons. The molecule has 0 saturated heterocycles. The van der Waals surface area contributed by atoms with Crippen LogP contribution in [0.2, 0.25) is 0 Å². The normalized spacial score (nSPS) is 14.3. The van der Waals surface area contributed by atoms with Crippen LogP contribution in [0.1, 0.15) is 29.9 Å². The van der Waals surface area contributed by atoms with E-state index in [2.05, 4.69) is 21.4 Å². The molecule has 0 atom stereocenters. The van der Waals surface area contributed by atoms with Gasteiger partial charge >= 0.3 is 0 Å². The van der Waals surface area contributed by atoms with Crippen LogP contribution in [-0.4, -0.2) is 9.97 Å². The van der Waals surface area contributed by atoms with Crippen molar-refractivity contribution in [1.29, 1.82) is 0 Å². The van der Waals surface area contributed by atoms with Crippen molar-refractivity contribution in [3.63, 3.8) is 0 Å². The van der Waals surface area contributed by atoms with Crippen LogP contribution in [0.3, 0.4) is 0 Å². The number of hydrogen-bond acceptors (Lipinski definition) is 2. The van der Waals surface area contributed by atoms with Crippen LogP contribution in [0, 0.1) is 13.8 Å². The maximum Gasteiger partial charge on any atom is 0.125 e. The SMILES string of the molecule is Cc1ncc(C)c(C2=C=C=CCC2)n1. The van der Waals surface area contributed by atoms with Crippen molar-refractivity contribution in [2.75, 3.05) is 0 Å². The average molecular weight is 184 g/mol. The Bertz CT molecular complexity index is 459. The number of aryl methyl sites for hydroxylation is 2. The van der Waals surface area contributed by atoms with Crippen LogP contribution in [-0.2, 0) is 0 Å². The highest BCUT2D eigenvalue weighted by Gasteiger charge is 2.08. The van der Waals surface area contributed by atoms with Crippen molar-refractivity contribution in [1.82, 2.24) is 9.97 Å². The molecule has 1 aromatic rings. The maximum absolute atomic E-state index is 4.43. The van der Waals surface area contributed by atoms with Crippen LogP contribution in [0.25, 0.3) is 5.57 Å². The summed E-state index contributed by atoms with van der Waals surface area (Å²) in [5, 5.41) is 0. The van der Waals surface area contributed by atoms with Gasteiger partial charge in [-0.25, -0.2) is 9.97 Å². The third kappa shape index (κ3) is 1.67. The number of allylic oxidation sites excluding steroid dienone is 2. The first-order valence-corrected chi connectivity index (χ1v) is 4.77. The van der Waals surface area contributed by atoms with E-state index >= 15 is 0 Å². The molecular weight excluding hydrogens is 172 g/mol. The molecule has 0 aliphatic heterocycles. The second-order valence-electron chi connectivity index (χ2n) is 3.44. The van der Waals surface area contributed by atoms with Gasteiger partial charge in [0.05, 0.1) is 5.69 Å². The van der Waals surface area contributed by atoms with E-state index in [1.807, 2.05) is 26.1 Å². The minimum absolute atomic E-state index is 0.814. The number of nitrogens with zero attached hydrogens (tertiary/aromatic N) is 2. The lowest BCUT2D eigenvalue weighted by Gasteiger charge is -2.07. The van der Waals surface area contributed by atoms with Gasteiger partial charge in [-0.05, 0) is 38.3 Å². The summed E-state index contributed by atoms with van der Waals surface area (Å²) >= 11 is 0. The van der Waals surface area contributed by atoms with E-state index in [-0.39, 0.29) is 0 Å². The highest BCUT2D eigenvalue weighted by molar-refractivity contribution is 5.64. The molecule has 0 saturated carbocycles. The molecule has 1 aliphatic rings. The predicted molar refractivity (Wildman–Crippen MR) is 55.7 cm³/mol. The Hall–Kier alpha value is -1.62. The van der Waals surface area contributed by atoms with Gasteiger partial charge in [0.1, 0.15) is 5.82 Å². The van der Waals surface area contributed by atoms with Crippen molar-refractivity contribution >= 4 is 5.57 Å². The molecule has 1 aliphatic carbocycles. The maximum atomic E-state index is 4.43. The molecule has 14 heavy (non-hydrogen) atoms. The van der Waals surface area contributed by atoms with E-state index in [4.69, 9.17) is 0 Å². The molecule has 0 fully saturated rings. The third-order valence-electron chi connectivity index (χ3n) is 2.24. The van der Waals surface area contributed by atoms with Crippen molar-refractivity contribution < 1.29 is 0 Å². The first-order chi connectivity index (χ1) is 6.77. The van der Waals surface area contributed by atoms with Crippen molar-refractivity contribution in [2.45, 2.75) is 26.7 Å². The lowest BCUT2D eigenvalue weighted by Crippen LogP contribution is -1.98. The fraction of sp³-hybridized carbons (Fsp3) is 0.333. The molecule has 70 valence electrons. The van der Waals surface area contributed by atoms with E-state index in [1.165, 1.54) is 0 Å². The lowest BCUT2D eigenvalue weighted by atomic mass is 10.0. The molecule has 0 N–H and O–H groups in total. The molecular formula is C12H12N2. The van der Waals surface area contributed by atoms with Gasteiger partial charge in [-0.3, -0.25) is 0 Å². The topological polar surface area (TPSA) is 25.8 Å². The van der Waals surface area contributed by atoms with Crippen LogP contribution in [0.5, 0.6) is 0 Å². The average Bonchev–Trinajstić information content (AvgIpc) is 2.23. The van der Waals surface area contributed by atoms with E-state index in [0.29, 0.717) is 0 Å². The predicted octanol–water partition coefficient (Wildman–Crippen LogP) is 2.58. The van der Waals surface area contributed by atoms with Gasteiger partial charge in [0.15, 0.2) is 0 Å². The monoisotopic (exact) mass is 184 g/mol. The lowest BCUT2D eigenvalue weighted by molar-refractivity contribution is 0.980. The summed E-state index contributed by atoms with van der Waals surface area (Å²) in [7, 11) is 0. The van der Waals surface area contributed by atoms with Crippen LogP contribution >= 0.6 is 0 Å². The zero-order valence-corrected chi connectivity index (χ0v) is 8.46.